The quantitative estimate of drug-likeness (QED) is 0.699. The number of hydrogen-bond acceptors (Lipinski definition) is 3. The largest absolute Gasteiger partial charge is 1.00 e. The Bertz CT molecular complexity index is 771. The summed E-state index contributed by atoms with van der Waals surface area (Å²) in [6.07, 6.45) is 2.41. The zero-order valence-corrected chi connectivity index (χ0v) is 15.2. The fourth-order valence-electron chi connectivity index (χ4n) is 4.59. The van der Waals surface area contributed by atoms with Gasteiger partial charge in [0.2, 0.25) is 0 Å². The molecule has 3 saturated heterocycles. The third-order valence-corrected chi connectivity index (χ3v) is 5.94. The number of para-hydroxylation sites is 2. The zero-order chi connectivity index (χ0) is 16.8. The van der Waals surface area contributed by atoms with E-state index >= 15 is 0 Å². The van der Waals surface area contributed by atoms with Gasteiger partial charge < -0.3 is 26.8 Å². The van der Waals surface area contributed by atoms with Crippen molar-refractivity contribution in [1.82, 2.24) is 0 Å². The van der Waals surface area contributed by atoms with Gasteiger partial charge in [0, 0.05) is 29.9 Å². The molecule has 2 aromatic carbocycles. The van der Waals surface area contributed by atoms with Crippen molar-refractivity contribution in [2.45, 2.75) is 24.9 Å². The number of quaternary nitrogens is 1. The van der Waals surface area contributed by atoms with E-state index in [1.807, 2.05) is 48.5 Å². The van der Waals surface area contributed by atoms with Gasteiger partial charge in [0.1, 0.15) is 24.0 Å². The van der Waals surface area contributed by atoms with Crippen molar-refractivity contribution >= 4 is 5.97 Å². The molecule has 4 aliphatic rings. The summed E-state index contributed by atoms with van der Waals surface area (Å²) in [5.74, 6) is 1.50. The second kappa shape index (κ2) is 6.93. The highest BCUT2D eigenvalue weighted by Gasteiger charge is 2.42. The van der Waals surface area contributed by atoms with Gasteiger partial charge in [-0.05, 0) is 12.1 Å². The summed E-state index contributed by atoms with van der Waals surface area (Å²) < 4.78 is 12.0. The Kier molecular flexibility index (Phi) is 4.63. The van der Waals surface area contributed by atoms with Gasteiger partial charge in [-0.2, -0.15) is 0 Å². The third-order valence-electron chi connectivity index (χ3n) is 5.94. The van der Waals surface area contributed by atoms with E-state index in [1.54, 1.807) is 4.90 Å². The predicted octanol–water partition coefficient (Wildman–Crippen LogP) is -0.851. The highest BCUT2D eigenvalue weighted by Crippen LogP contribution is 2.44. The molecule has 1 unspecified atom stereocenters. The van der Waals surface area contributed by atoms with Crippen LogP contribution in [0, 0.1) is 5.92 Å². The summed E-state index contributed by atoms with van der Waals surface area (Å²) >= 11 is 0. The molecule has 4 nitrogen and oxygen atoms in total. The maximum absolute atomic E-state index is 13.2. The molecule has 6 rings (SSSR count). The van der Waals surface area contributed by atoms with Crippen molar-refractivity contribution in [3.8, 4) is 11.5 Å². The molecule has 1 N–H and O–H groups in total. The Morgan fingerprint density at radius 2 is 1.54 bits per heavy atom. The van der Waals surface area contributed by atoms with E-state index in [-0.39, 0.29) is 24.5 Å². The Balaban J connectivity index is 0.00000168. The molecule has 4 aliphatic heterocycles. The van der Waals surface area contributed by atoms with E-state index < -0.39 is 5.92 Å². The smallest absolute Gasteiger partial charge is 0.318 e. The van der Waals surface area contributed by atoms with Crippen LogP contribution in [-0.2, 0) is 9.53 Å². The third kappa shape index (κ3) is 2.87. The lowest BCUT2D eigenvalue weighted by molar-refractivity contribution is -0.920. The summed E-state index contributed by atoms with van der Waals surface area (Å²) in [4.78, 5) is 14.8. The molecule has 0 aliphatic carbocycles. The van der Waals surface area contributed by atoms with Gasteiger partial charge in [-0.25, -0.2) is 0 Å². The van der Waals surface area contributed by atoms with Crippen LogP contribution in [-0.4, -0.2) is 31.7 Å². The molecule has 0 aromatic heterocycles. The second-order valence-corrected chi connectivity index (χ2v) is 7.38. The van der Waals surface area contributed by atoms with Crippen LogP contribution in [0.2, 0.25) is 0 Å². The number of rotatable bonds is 2. The molecule has 0 radical (unpaired) electrons. The summed E-state index contributed by atoms with van der Waals surface area (Å²) in [6.45, 7) is 3.41. The Morgan fingerprint density at radius 1 is 0.962 bits per heavy atom. The van der Waals surface area contributed by atoms with Gasteiger partial charge in [-0.1, -0.05) is 36.4 Å². The molecule has 2 bridgehead atoms. The van der Waals surface area contributed by atoms with Crippen molar-refractivity contribution < 1.29 is 31.6 Å². The number of halogens is 1. The number of fused-ring (bicyclic) bond motifs is 5. The fraction of sp³-hybridized carbons (Fsp3) is 0.381. The van der Waals surface area contributed by atoms with E-state index in [2.05, 4.69) is 0 Å². The van der Waals surface area contributed by atoms with Crippen LogP contribution in [0.25, 0.3) is 0 Å². The minimum atomic E-state index is -0.397. The van der Waals surface area contributed by atoms with E-state index in [1.165, 1.54) is 25.9 Å². The van der Waals surface area contributed by atoms with Crippen molar-refractivity contribution in [2.24, 2.45) is 5.92 Å². The number of piperidine rings is 3. The van der Waals surface area contributed by atoms with E-state index in [4.69, 9.17) is 9.47 Å². The first-order valence-corrected chi connectivity index (χ1v) is 9.19. The molecule has 1 atom stereocenters. The number of hydrogen-bond donors (Lipinski definition) is 1. The number of nitrogens with one attached hydrogen (secondary N) is 1. The van der Waals surface area contributed by atoms with Crippen LogP contribution in [0.4, 0.5) is 0 Å². The SMILES string of the molecule is O=C(OC1C[NH+]2CCC1CC2)C1c2ccccc2Oc2ccccc21.[Cl-]. The summed E-state index contributed by atoms with van der Waals surface area (Å²) in [5, 5.41) is 0. The number of carbonyl (C=O) groups is 1. The topological polar surface area (TPSA) is 40.0 Å². The average Bonchev–Trinajstić information content (AvgIpc) is 2.67. The van der Waals surface area contributed by atoms with Gasteiger partial charge in [0.05, 0.1) is 13.1 Å². The van der Waals surface area contributed by atoms with Gasteiger partial charge in [0.25, 0.3) is 0 Å². The van der Waals surface area contributed by atoms with E-state index in [0.29, 0.717) is 5.92 Å². The predicted molar refractivity (Wildman–Crippen MR) is 93.0 cm³/mol. The van der Waals surface area contributed by atoms with Crippen molar-refractivity contribution in [3.63, 3.8) is 0 Å². The van der Waals surface area contributed by atoms with Gasteiger partial charge >= 0.3 is 5.97 Å². The summed E-state index contributed by atoms with van der Waals surface area (Å²) in [5.41, 5.74) is 1.81. The molecule has 3 fully saturated rings. The Hall–Kier alpha value is -2.04. The van der Waals surface area contributed by atoms with Crippen LogP contribution in [0.15, 0.2) is 48.5 Å². The normalized spacial score (nSPS) is 26.1. The lowest BCUT2D eigenvalue weighted by Gasteiger charge is -2.41. The molecule has 2 aromatic rings. The van der Waals surface area contributed by atoms with E-state index in [0.717, 1.165) is 29.2 Å². The second-order valence-electron chi connectivity index (χ2n) is 7.38. The van der Waals surface area contributed by atoms with Gasteiger partial charge in [-0.3, -0.25) is 4.79 Å². The van der Waals surface area contributed by atoms with Gasteiger partial charge in [0.15, 0.2) is 6.10 Å². The average molecular weight is 372 g/mol. The summed E-state index contributed by atoms with van der Waals surface area (Å²) in [6, 6.07) is 15.6. The monoisotopic (exact) mass is 371 g/mol. The molecule has 26 heavy (non-hydrogen) atoms. The molecule has 0 amide bonds. The van der Waals surface area contributed by atoms with E-state index in [9.17, 15) is 4.79 Å². The Morgan fingerprint density at radius 3 is 2.08 bits per heavy atom. The number of benzene rings is 2. The maximum atomic E-state index is 13.2. The van der Waals surface area contributed by atoms with Crippen LogP contribution < -0.4 is 22.0 Å². The highest BCUT2D eigenvalue weighted by atomic mass is 35.5. The minimum Gasteiger partial charge on any atom is -1.00 e. The molecule has 0 saturated carbocycles. The van der Waals surface area contributed by atoms with Crippen molar-refractivity contribution in [1.29, 1.82) is 0 Å². The molecule has 5 heteroatoms. The maximum Gasteiger partial charge on any atom is 0.318 e. The molecular formula is C21H22ClNO3. The highest BCUT2D eigenvalue weighted by molar-refractivity contribution is 5.85. The number of ether oxygens (including phenoxy) is 2. The molecule has 4 heterocycles. The van der Waals surface area contributed by atoms with Crippen LogP contribution in [0.3, 0.4) is 0 Å². The minimum absolute atomic E-state index is 0. The first-order chi connectivity index (χ1) is 12.3. The molecular weight excluding hydrogens is 350 g/mol. The Labute approximate surface area is 159 Å². The molecule has 0 spiro atoms. The first-order valence-electron chi connectivity index (χ1n) is 9.19. The lowest BCUT2D eigenvalue weighted by Crippen LogP contribution is -3.16. The van der Waals surface area contributed by atoms with Gasteiger partial charge in [-0.15, -0.1) is 0 Å². The summed E-state index contributed by atoms with van der Waals surface area (Å²) in [7, 11) is 0. The number of carbonyl (C=O) groups excluding carboxylic acids is 1. The number of esters is 1. The molecule has 136 valence electrons. The first kappa shape index (κ1) is 17.4. The van der Waals surface area contributed by atoms with Crippen LogP contribution in [0.5, 0.6) is 11.5 Å². The fourth-order valence-corrected chi connectivity index (χ4v) is 4.59. The van der Waals surface area contributed by atoms with Crippen LogP contribution >= 0.6 is 0 Å². The van der Waals surface area contributed by atoms with Crippen LogP contribution in [0.1, 0.15) is 29.9 Å². The van der Waals surface area contributed by atoms with Crippen molar-refractivity contribution in [2.75, 3.05) is 19.6 Å². The lowest BCUT2D eigenvalue weighted by atomic mass is 9.85. The van der Waals surface area contributed by atoms with Crippen molar-refractivity contribution in [3.05, 3.63) is 59.7 Å². The standard InChI is InChI=1S/C21H21NO3.ClH/c23-21(25-19-13-22-11-9-14(19)10-12-22)20-15-5-1-3-7-17(15)24-18-8-4-2-6-16(18)20;/h1-8,14,19-20H,9-13H2;1H. The zero-order valence-electron chi connectivity index (χ0n) is 14.5.